The van der Waals surface area contributed by atoms with E-state index in [9.17, 15) is 15.2 Å². The number of hydrogen-bond donors (Lipinski definition) is 4. The molecule has 2 aliphatic heterocycles. The van der Waals surface area contributed by atoms with Crippen LogP contribution < -0.4 is 15.4 Å². The van der Waals surface area contributed by atoms with Gasteiger partial charge in [-0.3, -0.25) is 9.69 Å². The lowest BCUT2D eigenvalue weighted by Gasteiger charge is -2.38. The summed E-state index contributed by atoms with van der Waals surface area (Å²) in [6.45, 7) is 2.17. The van der Waals surface area contributed by atoms with Crippen LogP contribution in [-0.2, 0) is 4.79 Å². The number of carbonyl (C=O) groups excluding carboxylic acids is 1. The largest absolute Gasteiger partial charge is 0.496 e. The number of aromatic nitrogens is 1. The molecule has 3 heterocycles. The molecule has 3 aliphatic rings. The van der Waals surface area contributed by atoms with Gasteiger partial charge in [0.05, 0.1) is 24.9 Å². The number of rotatable bonds is 8. The quantitative estimate of drug-likeness (QED) is 0.490. The Hall–Kier alpha value is -2.60. The highest BCUT2D eigenvalue weighted by Crippen LogP contribution is 2.51. The minimum atomic E-state index is -0.755. The number of amides is 1. The molecule has 5 rings (SSSR count). The lowest BCUT2D eigenvalue weighted by molar-refractivity contribution is -0.122. The van der Waals surface area contributed by atoms with Crippen LogP contribution in [0.15, 0.2) is 24.3 Å². The van der Waals surface area contributed by atoms with Crippen molar-refractivity contribution in [1.82, 2.24) is 20.5 Å². The maximum absolute atomic E-state index is 11.9. The van der Waals surface area contributed by atoms with Crippen molar-refractivity contribution >= 4 is 16.8 Å². The van der Waals surface area contributed by atoms with E-state index in [2.05, 4.69) is 26.6 Å². The van der Waals surface area contributed by atoms with E-state index in [-0.39, 0.29) is 29.3 Å². The summed E-state index contributed by atoms with van der Waals surface area (Å²) in [6, 6.07) is 9.92. The number of H-pyrrole nitrogens is 1. The predicted molar refractivity (Wildman–Crippen MR) is 124 cm³/mol. The summed E-state index contributed by atoms with van der Waals surface area (Å²) in [5, 5.41) is 28.3. The highest BCUT2D eigenvalue weighted by atomic mass is 16.5. The molecule has 1 aromatic heterocycles. The van der Waals surface area contributed by atoms with Gasteiger partial charge in [0.2, 0.25) is 5.91 Å². The third-order valence-electron chi connectivity index (χ3n) is 7.97. The molecular formula is C25H33N5O3. The average molecular weight is 452 g/mol. The van der Waals surface area contributed by atoms with Crippen molar-refractivity contribution in [2.24, 2.45) is 11.3 Å². The molecule has 1 amide bonds. The maximum atomic E-state index is 11.9. The lowest BCUT2D eigenvalue weighted by Crippen LogP contribution is -2.43. The first-order chi connectivity index (χ1) is 16.0. The molecule has 1 spiro atoms. The topological polar surface area (TPSA) is 113 Å². The summed E-state index contributed by atoms with van der Waals surface area (Å²) in [5.74, 6) is 0.745. The molecule has 33 heavy (non-hydrogen) atoms. The number of nitrogens with zero attached hydrogens (tertiary/aromatic N) is 2. The first-order valence-corrected chi connectivity index (χ1v) is 12.0. The number of nitrogens with one attached hydrogen (secondary N) is 3. The highest BCUT2D eigenvalue weighted by molar-refractivity contribution is 5.86. The number of benzene rings is 1. The molecule has 2 saturated heterocycles. The van der Waals surface area contributed by atoms with E-state index < -0.39 is 6.23 Å². The standard InChI is InChI=1S/C25H33N5O3/c1-33-22-5-2-4-20-19(22)11-21(29-20)24(32)30-15-25(7-3-8-25)12-18(30)14-28-17(13-26)10-16-6-9-27-23(16)31/h2,4-5,11,16-18,24,28-29,32H,3,6-10,12,14-15H2,1H3,(H,27,31). The van der Waals surface area contributed by atoms with Crippen molar-refractivity contribution in [3.8, 4) is 11.8 Å². The van der Waals surface area contributed by atoms with Crippen LogP contribution in [0.2, 0.25) is 0 Å². The molecule has 1 saturated carbocycles. The van der Waals surface area contributed by atoms with E-state index in [4.69, 9.17) is 4.74 Å². The summed E-state index contributed by atoms with van der Waals surface area (Å²) < 4.78 is 5.48. The molecule has 8 nitrogen and oxygen atoms in total. The Bertz CT molecular complexity index is 1060. The van der Waals surface area contributed by atoms with E-state index in [0.717, 1.165) is 41.7 Å². The second-order valence-electron chi connectivity index (χ2n) is 10.0. The number of ether oxygens (including phenoxy) is 1. The molecule has 4 N–H and O–H groups in total. The Morgan fingerprint density at radius 3 is 2.94 bits per heavy atom. The van der Waals surface area contributed by atoms with Crippen molar-refractivity contribution < 1.29 is 14.6 Å². The molecule has 8 heteroatoms. The molecule has 4 unspecified atom stereocenters. The Morgan fingerprint density at radius 2 is 2.27 bits per heavy atom. The fourth-order valence-electron chi connectivity index (χ4n) is 5.97. The number of aliphatic hydroxyl groups is 1. The number of likely N-dealkylation sites (tertiary alicyclic amines) is 1. The molecule has 3 fully saturated rings. The fourth-order valence-corrected chi connectivity index (χ4v) is 5.97. The van der Waals surface area contributed by atoms with Crippen LogP contribution in [0, 0.1) is 22.7 Å². The summed E-state index contributed by atoms with van der Waals surface area (Å²) >= 11 is 0. The maximum Gasteiger partial charge on any atom is 0.223 e. The van der Waals surface area contributed by atoms with Crippen LogP contribution in [0.4, 0.5) is 0 Å². The summed E-state index contributed by atoms with van der Waals surface area (Å²) in [4.78, 5) is 17.5. The first-order valence-electron chi connectivity index (χ1n) is 12.0. The monoisotopic (exact) mass is 451 g/mol. The van der Waals surface area contributed by atoms with Gasteiger partial charge in [0.15, 0.2) is 0 Å². The van der Waals surface area contributed by atoms with Crippen molar-refractivity contribution in [3.05, 3.63) is 30.0 Å². The molecular weight excluding hydrogens is 418 g/mol. The van der Waals surface area contributed by atoms with Gasteiger partial charge in [-0.2, -0.15) is 5.26 Å². The summed E-state index contributed by atoms with van der Waals surface area (Å²) in [5.41, 5.74) is 1.97. The molecule has 2 aromatic rings. The van der Waals surface area contributed by atoms with Crippen LogP contribution in [0.5, 0.6) is 5.75 Å². The van der Waals surface area contributed by atoms with Gasteiger partial charge >= 0.3 is 0 Å². The van der Waals surface area contributed by atoms with Crippen LogP contribution in [0.3, 0.4) is 0 Å². The van der Waals surface area contributed by atoms with Crippen LogP contribution in [-0.4, -0.2) is 59.7 Å². The van der Waals surface area contributed by atoms with Crippen molar-refractivity contribution in [1.29, 1.82) is 5.26 Å². The zero-order chi connectivity index (χ0) is 23.0. The van der Waals surface area contributed by atoms with Gasteiger partial charge in [-0.15, -0.1) is 0 Å². The number of fused-ring (bicyclic) bond motifs is 1. The second kappa shape index (κ2) is 8.98. The number of nitriles is 1. The second-order valence-corrected chi connectivity index (χ2v) is 10.0. The van der Waals surface area contributed by atoms with Crippen molar-refractivity contribution in [2.75, 3.05) is 26.7 Å². The summed E-state index contributed by atoms with van der Waals surface area (Å²) in [7, 11) is 1.65. The highest BCUT2D eigenvalue weighted by Gasteiger charge is 2.49. The lowest BCUT2D eigenvalue weighted by atomic mass is 9.67. The Kier molecular flexibility index (Phi) is 6.04. The molecule has 4 atom stereocenters. The van der Waals surface area contributed by atoms with Gasteiger partial charge < -0.3 is 25.5 Å². The number of hydrogen-bond acceptors (Lipinski definition) is 6. The van der Waals surface area contributed by atoms with E-state index in [1.165, 1.54) is 19.3 Å². The zero-order valence-electron chi connectivity index (χ0n) is 19.1. The van der Waals surface area contributed by atoms with E-state index in [1.807, 2.05) is 24.3 Å². The Balaban J connectivity index is 1.31. The summed E-state index contributed by atoms with van der Waals surface area (Å²) in [6.07, 6.45) is 5.21. The minimum absolute atomic E-state index is 0.0534. The molecule has 1 aliphatic carbocycles. The third-order valence-corrected chi connectivity index (χ3v) is 7.97. The predicted octanol–water partition coefficient (Wildman–Crippen LogP) is 2.42. The smallest absolute Gasteiger partial charge is 0.223 e. The van der Waals surface area contributed by atoms with Gasteiger partial charge in [0, 0.05) is 42.5 Å². The van der Waals surface area contributed by atoms with Crippen LogP contribution in [0.1, 0.15) is 50.4 Å². The molecule has 0 bridgehead atoms. The Labute approximate surface area is 194 Å². The number of aromatic amines is 1. The van der Waals surface area contributed by atoms with Crippen molar-refractivity contribution in [2.45, 2.75) is 56.8 Å². The SMILES string of the molecule is COc1cccc2[nH]c(C(O)N3CC4(CCC4)CC3CNC(C#N)CC3CCNC3=O)cc12. The Morgan fingerprint density at radius 1 is 1.42 bits per heavy atom. The molecule has 176 valence electrons. The average Bonchev–Trinajstić information content (AvgIpc) is 3.52. The van der Waals surface area contributed by atoms with Crippen LogP contribution >= 0.6 is 0 Å². The van der Waals surface area contributed by atoms with E-state index in [1.54, 1.807) is 7.11 Å². The first kappa shape index (κ1) is 22.2. The molecule has 1 aromatic carbocycles. The normalized spacial score (nSPS) is 26.2. The van der Waals surface area contributed by atoms with E-state index >= 15 is 0 Å². The number of aliphatic hydroxyl groups excluding tert-OH is 1. The van der Waals surface area contributed by atoms with Crippen LogP contribution in [0.25, 0.3) is 10.9 Å². The fraction of sp³-hybridized carbons (Fsp3) is 0.600. The van der Waals surface area contributed by atoms with Gasteiger partial charge in [-0.05, 0) is 55.7 Å². The molecule has 0 radical (unpaired) electrons. The van der Waals surface area contributed by atoms with Gasteiger partial charge in [-0.25, -0.2) is 0 Å². The minimum Gasteiger partial charge on any atom is -0.496 e. The van der Waals surface area contributed by atoms with Gasteiger partial charge in [-0.1, -0.05) is 12.5 Å². The zero-order valence-corrected chi connectivity index (χ0v) is 19.1. The number of methoxy groups -OCH3 is 1. The van der Waals surface area contributed by atoms with E-state index in [0.29, 0.717) is 19.5 Å². The number of carbonyl (C=O) groups is 1. The van der Waals surface area contributed by atoms with Crippen molar-refractivity contribution in [3.63, 3.8) is 0 Å². The van der Waals surface area contributed by atoms with Gasteiger partial charge in [0.1, 0.15) is 12.0 Å². The third kappa shape index (κ3) is 4.21. The van der Waals surface area contributed by atoms with Gasteiger partial charge in [0.25, 0.3) is 0 Å².